The zero-order valence-corrected chi connectivity index (χ0v) is 7.55. The normalized spacial score (nSPS) is 10.5. The van der Waals surface area contributed by atoms with Crippen molar-refractivity contribution in [1.82, 2.24) is 9.97 Å². The maximum atomic E-state index is 12.7. The van der Waals surface area contributed by atoms with Gasteiger partial charge in [0.15, 0.2) is 0 Å². The van der Waals surface area contributed by atoms with E-state index in [4.69, 9.17) is 0 Å². The van der Waals surface area contributed by atoms with Gasteiger partial charge in [0.05, 0.1) is 5.52 Å². The first-order valence-electron chi connectivity index (χ1n) is 3.33. The Hall–Kier alpha value is -1.03. The number of aromatic nitrogens is 2. The largest absolute Gasteiger partial charge is 0.236 e. The van der Waals surface area contributed by atoms with Gasteiger partial charge in [0, 0.05) is 5.39 Å². The van der Waals surface area contributed by atoms with E-state index in [0.29, 0.717) is 9.99 Å². The number of fused-ring (bicyclic) bond motifs is 1. The van der Waals surface area contributed by atoms with Crippen LogP contribution in [-0.2, 0) is 0 Å². The molecular formula is C8H4BrFN2. The summed E-state index contributed by atoms with van der Waals surface area (Å²) in [7, 11) is 0. The summed E-state index contributed by atoms with van der Waals surface area (Å²) in [6.07, 6.45) is 1.43. The molecule has 0 N–H and O–H groups in total. The Morgan fingerprint density at radius 2 is 2.08 bits per heavy atom. The minimum absolute atomic E-state index is 0.280. The highest BCUT2D eigenvalue weighted by Crippen LogP contribution is 2.19. The second-order valence-corrected chi connectivity index (χ2v) is 3.08. The van der Waals surface area contributed by atoms with E-state index in [9.17, 15) is 4.39 Å². The van der Waals surface area contributed by atoms with Gasteiger partial charge >= 0.3 is 0 Å². The monoisotopic (exact) mass is 226 g/mol. The Morgan fingerprint density at radius 3 is 2.92 bits per heavy atom. The average Bonchev–Trinajstić information content (AvgIpc) is 2.07. The summed E-state index contributed by atoms with van der Waals surface area (Å²) in [6, 6.07) is 4.40. The maximum Gasteiger partial charge on any atom is 0.124 e. The van der Waals surface area contributed by atoms with Gasteiger partial charge in [-0.05, 0) is 34.1 Å². The van der Waals surface area contributed by atoms with Crippen molar-refractivity contribution in [3.05, 3.63) is 34.9 Å². The van der Waals surface area contributed by atoms with Gasteiger partial charge in [-0.2, -0.15) is 0 Å². The number of halogens is 2. The first kappa shape index (κ1) is 7.61. The molecular weight excluding hydrogens is 223 g/mol. The van der Waals surface area contributed by atoms with Crippen molar-refractivity contribution >= 4 is 26.8 Å². The molecule has 0 saturated carbocycles. The summed E-state index contributed by atoms with van der Waals surface area (Å²) in [5.41, 5.74) is 0.735. The fourth-order valence-corrected chi connectivity index (χ4v) is 1.41. The van der Waals surface area contributed by atoms with Crippen LogP contribution in [-0.4, -0.2) is 9.97 Å². The average molecular weight is 227 g/mol. The van der Waals surface area contributed by atoms with E-state index < -0.39 is 0 Å². The molecule has 0 amide bonds. The molecule has 0 saturated heterocycles. The molecule has 0 unspecified atom stereocenters. The molecule has 1 heterocycles. The molecule has 0 fully saturated rings. The van der Waals surface area contributed by atoms with Gasteiger partial charge in [-0.1, -0.05) is 0 Å². The summed E-state index contributed by atoms with van der Waals surface area (Å²) < 4.78 is 13.4. The zero-order chi connectivity index (χ0) is 8.55. The molecule has 4 heteroatoms. The van der Waals surface area contributed by atoms with Crippen LogP contribution in [0.25, 0.3) is 10.9 Å². The molecule has 0 radical (unpaired) electrons. The van der Waals surface area contributed by atoms with Crippen molar-refractivity contribution in [2.45, 2.75) is 0 Å². The Kier molecular flexibility index (Phi) is 1.77. The van der Waals surface area contributed by atoms with Gasteiger partial charge in [0.25, 0.3) is 0 Å². The predicted octanol–water partition coefficient (Wildman–Crippen LogP) is 2.53. The molecule has 0 spiro atoms. The SMILES string of the molecule is Fc1ccc2ncnc(Br)c2c1. The van der Waals surface area contributed by atoms with Crippen LogP contribution in [0.5, 0.6) is 0 Å². The van der Waals surface area contributed by atoms with Gasteiger partial charge in [0.2, 0.25) is 0 Å². The fraction of sp³-hybridized carbons (Fsp3) is 0. The number of rotatable bonds is 0. The minimum Gasteiger partial charge on any atom is -0.236 e. The van der Waals surface area contributed by atoms with Gasteiger partial charge in [0.1, 0.15) is 16.7 Å². The van der Waals surface area contributed by atoms with Crippen LogP contribution < -0.4 is 0 Å². The summed E-state index contributed by atoms with van der Waals surface area (Å²) >= 11 is 3.21. The van der Waals surface area contributed by atoms with Crippen molar-refractivity contribution in [2.24, 2.45) is 0 Å². The van der Waals surface area contributed by atoms with Crippen molar-refractivity contribution in [2.75, 3.05) is 0 Å². The maximum absolute atomic E-state index is 12.7. The van der Waals surface area contributed by atoms with Crippen molar-refractivity contribution in [3.63, 3.8) is 0 Å². The van der Waals surface area contributed by atoms with Gasteiger partial charge in [-0.3, -0.25) is 0 Å². The summed E-state index contributed by atoms with van der Waals surface area (Å²) in [4.78, 5) is 7.86. The van der Waals surface area contributed by atoms with Gasteiger partial charge in [-0.15, -0.1) is 0 Å². The number of hydrogen-bond donors (Lipinski definition) is 0. The Labute approximate surface area is 76.6 Å². The molecule has 2 nitrogen and oxygen atoms in total. The standard InChI is InChI=1S/C8H4BrFN2/c9-8-6-3-5(10)1-2-7(6)11-4-12-8/h1-4H. The summed E-state index contributed by atoms with van der Waals surface area (Å²) in [5, 5.41) is 0.692. The molecule has 2 aromatic rings. The topological polar surface area (TPSA) is 25.8 Å². The smallest absolute Gasteiger partial charge is 0.124 e. The lowest BCUT2D eigenvalue weighted by Crippen LogP contribution is -1.84. The van der Waals surface area contributed by atoms with Crippen molar-refractivity contribution in [1.29, 1.82) is 0 Å². The second kappa shape index (κ2) is 2.79. The number of benzene rings is 1. The third kappa shape index (κ3) is 1.18. The lowest BCUT2D eigenvalue weighted by Gasteiger charge is -1.97. The first-order valence-corrected chi connectivity index (χ1v) is 4.12. The van der Waals surface area contributed by atoms with Crippen LogP contribution in [0, 0.1) is 5.82 Å². The molecule has 12 heavy (non-hydrogen) atoms. The highest BCUT2D eigenvalue weighted by atomic mass is 79.9. The van der Waals surface area contributed by atoms with Crippen molar-refractivity contribution in [3.8, 4) is 0 Å². The fourth-order valence-electron chi connectivity index (χ4n) is 0.997. The molecule has 1 aromatic heterocycles. The van der Waals surface area contributed by atoms with E-state index in [2.05, 4.69) is 25.9 Å². The molecule has 2 rings (SSSR count). The minimum atomic E-state index is -0.280. The van der Waals surface area contributed by atoms with Crippen molar-refractivity contribution < 1.29 is 4.39 Å². The van der Waals surface area contributed by atoms with E-state index in [1.165, 1.54) is 18.5 Å². The lowest BCUT2D eigenvalue weighted by molar-refractivity contribution is 0.629. The quantitative estimate of drug-likeness (QED) is 0.646. The molecule has 0 bridgehead atoms. The highest BCUT2D eigenvalue weighted by Gasteiger charge is 2.00. The van der Waals surface area contributed by atoms with Crippen LogP contribution in [0.15, 0.2) is 29.1 Å². The predicted molar refractivity (Wildman–Crippen MR) is 47.2 cm³/mol. The Balaban J connectivity index is 2.88. The van der Waals surface area contributed by atoms with E-state index in [1.807, 2.05) is 0 Å². The number of nitrogens with zero attached hydrogens (tertiary/aromatic N) is 2. The molecule has 0 aliphatic heterocycles. The van der Waals surface area contributed by atoms with E-state index in [-0.39, 0.29) is 5.82 Å². The molecule has 60 valence electrons. The molecule has 0 aliphatic rings. The van der Waals surface area contributed by atoms with Crippen LogP contribution in [0.4, 0.5) is 4.39 Å². The van der Waals surface area contributed by atoms with Crippen LogP contribution in [0.1, 0.15) is 0 Å². The number of hydrogen-bond acceptors (Lipinski definition) is 2. The van der Waals surface area contributed by atoms with E-state index in [0.717, 1.165) is 5.52 Å². The summed E-state index contributed by atoms with van der Waals surface area (Å²) in [5.74, 6) is -0.280. The lowest BCUT2D eigenvalue weighted by atomic mass is 10.2. The first-order chi connectivity index (χ1) is 5.77. The molecule has 0 atom stereocenters. The Morgan fingerprint density at radius 1 is 1.25 bits per heavy atom. The highest BCUT2D eigenvalue weighted by molar-refractivity contribution is 9.10. The summed E-state index contributed by atoms with van der Waals surface area (Å²) in [6.45, 7) is 0. The van der Waals surface area contributed by atoms with Crippen LogP contribution in [0.2, 0.25) is 0 Å². The Bertz CT molecular complexity index is 430. The van der Waals surface area contributed by atoms with E-state index >= 15 is 0 Å². The van der Waals surface area contributed by atoms with Gasteiger partial charge < -0.3 is 0 Å². The van der Waals surface area contributed by atoms with E-state index in [1.54, 1.807) is 6.07 Å². The zero-order valence-electron chi connectivity index (χ0n) is 5.96. The third-order valence-electron chi connectivity index (χ3n) is 1.55. The molecule has 0 aliphatic carbocycles. The van der Waals surface area contributed by atoms with Gasteiger partial charge in [-0.25, -0.2) is 14.4 Å². The van der Waals surface area contributed by atoms with Crippen LogP contribution >= 0.6 is 15.9 Å². The van der Waals surface area contributed by atoms with Crippen LogP contribution in [0.3, 0.4) is 0 Å². The second-order valence-electron chi connectivity index (χ2n) is 2.33. The molecule has 1 aromatic carbocycles. The third-order valence-corrected chi connectivity index (χ3v) is 2.18.